The number of anilines is 2. The first-order valence-corrected chi connectivity index (χ1v) is 10.2. The van der Waals surface area contributed by atoms with Gasteiger partial charge in [-0.25, -0.2) is 9.67 Å². The van der Waals surface area contributed by atoms with Gasteiger partial charge in [-0.3, -0.25) is 9.59 Å². The van der Waals surface area contributed by atoms with E-state index in [-0.39, 0.29) is 18.0 Å². The van der Waals surface area contributed by atoms with Gasteiger partial charge in [-0.05, 0) is 18.2 Å². The predicted octanol–water partition coefficient (Wildman–Crippen LogP) is 2.04. The highest BCUT2D eigenvalue weighted by Crippen LogP contribution is 2.25. The Kier molecular flexibility index (Phi) is 4.89. The second-order valence-electron chi connectivity index (χ2n) is 5.82. The van der Waals surface area contributed by atoms with Gasteiger partial charge in [-0.1, -0.05) is 23.5 Å². The molecule has 7 nitrogen and oxygen atoms in total. The maximum atomic E-state index is 12.3. The maximum absolute atomic E-state index is 12.3. The second kappa shape index (κ2) is 7.46. The van der Waals surface area contributed by atoms with E-state index in [1.807, 2.05) is 36.0 Å². The summed E-state index contributed by atoms with van der Waals surface area (Å²) < 4.78 is 2.21. The minimum Gasteiger partial charge on any atom is -0.354 e. The lowest BCUT2D eigenvalue weighted by Gasteiger charge is -2.27. The molecule has 0 spiro atoms. The molecule has 3 heterocycles. The van der Waals surface area contributed by atoms with Crippen molar-refractivity contribution in [2.24, 2.45) is 0 Å². The van der Waals surface area contributed by atoms with Gasteiger partial charge in [0.15, 0.2) is 5.13 Å². The number of amides is 1. The number of hydrogen-bond donors (Lipinski definition) is 1. The average molecular weight is 387 g/mol. The number of aromatic nitrogens is 3. The molecule has 0 saturated carbocycles. The van der Waals surface area contributed by atoms with Crippen molar-refractivity contribution in [3.63, 3.8) is 0 Å². The van der Waals surface area contributed by atoms with Crippen LogP contribution in [0.3, 0.4) is 0 Å². The lowest BCUT2D eigenvalue weighted by atomic mass is 10.3. The minimum absolute atomic E-state index is 0.134. The summed E-state index contributed by atoms with van der Waals surface area (Å²) in [5, 5.41) is 7.64. The lowest BCUT2D eigenvalue weighted by Crippen LogP contribution is -2.36. The van der Waals surface area contributed by atoms with E-state index in [0.29, 0.717) is 5.13 Å². The number of hydrogen-bond acceptors (Lipinski definition) is 7. The van der Waals surface area contributed by atoms with Gasteiger partial charge in [-0.2, -0.15) is 16.9 Å². The molecule has 1 N–H and O–H groups in total. The van der Waals surface area contributed by atoms with E-state index in [4.69, 9.17) is 0 Å². The highest BCUT2D eigenvalue weighted by atomic mass is 32.2. The Morgan fingerprint density at radius 3 is 2.77 bits per heavy atom. The molecule has 1 aliphatic rings. The molecule has 1 aromatic carbocycles. The summed E-state index contributed by atoms with van der Waals surface area (Å²) >= 11 is 3.31. The third-order valence-corrected chi connectivity index (χ3v) is 5.92. The second-order valence-corrected chi connectivity index (χ2v) is 8.08. The van der Waals surface area contributed by atoms with Crippen molar-refractivity contribution in [1.82, 2.24) is 14.8 Å². The van der Waals surface area contributed by atoms with Crippen LogP contribution in [0.5, 0.6) is 0 Å². The summed E-state index contributed by atoms with van der Waals surface area (Å²) in [5.74, 6) is 2.50. The first-order chi connectivity index (χ1) is 12.7. The van der Waals surface area contributed by atoms with Gasteiger partial charge in [0.25, 0.3) is 5.56 Å². The standard InChI is InChI=1S/C17H17N5O2S2/c23-15(19-17-18-12-3-1-2-4-13(12)26-17)11-22-16(24)6-5-14(20-22)21-7-9-25-10-8-21/h1-6H,7-11H2,(H,18,19,23). The molecule has 2 aromatic heterocycles. The molecule has 0 aliphatic carbocycles. The summed E-state index contributed by atoms with van der Waals surface area (Å²) in [6.45, 7) is 1.66. The number of carbonyl (C=O) groups is 1. The third-order valence-electron chi connectivity index (χ3n) is 4.02. The average Bonchev–Trinajstić information content (AvgIpc) is 3.06. The molecular formula is C17H17N5O2S2. The molecule has 4 rings (SSSR count). The molecular weight excluding hydrogens is 370 g/mol. The monoisotopic (exact) mass is 387 g/mol. The fourth-order valence-electron chi connectivity index (χ4n) is 2.73. The number of carbonyl (C=O) groups excluding carboxylic acids is 1. The van der Waals surface area contributed by atoms with Gasteiger partial charge in [0.2, 0.25) is 5.91 Å². The van der Waals surface area contributed by atoms with Crippen LogP contribution in [-0.2, 0) is 11.3 Å². The zero-order chi connectivity index (χ0) is 17.9. The summed E-state index contributed by atoms with van der Waals surface area (Å²) in [4.78, 5) is 30.9. The molecule has 0 atom stereocenters. The van der Waals surface area contributed by atoms with Gasteiger partial charge in [0.05, 0.1) is 10.2 Å². The van der Waals surface area contributed by atoms with E-state index < -0.39 is 0 Å². The molecule has 1 amide bonds. The first kappa shape index (κ1) is 17.0. The van der Waals surface area contributed by atoms with Crippen molar-refractivity contribution in [3.8, 4) is 0 Å². The number of nitrogens with one attached hydrogen (secondary N) is 1. The van der Waals surface area contributed by atoms with Crippen molar-refractivity contribution in [1.29, 1.82) is 0 Å². The van der Waals surface area contributed by atoms with Crippen LogP contribution in [0, 0.1) is 0 Å². The summed E-state index contributed by atoms with van der Waals surface area (Å²) in [6.07, 6.45) is 0. The minimum atomic E-state index is -0.315. The number of nitrogens with zero attached hydrogens (tertiary/aromatic N) is 4. The zero-order valence-corrected chi connectivity index (χ0v) is 15.6. The lowest BCUT2D eigenvalue weighted by molar-refractivity contribution is -0.117. The number of thioether (sulfide) groups is 1. The quantitative estimate of drug-likeness (QED) is 0.738. The molecule has 134 valence electrons. The Balaban J connectivity index is 1.48. The van der Waals surface area contributed by atoms with Crippen LogP contribution in [0.4, 0.5) is 10.9 Å². The van der Waals surface area contributed by atoms with Gasteiger partial charge in [-0.15, -0.1) is 0 Å². The van der Waals surface area contributed by atoms with Crippen LogP contribution in [0.2, 0.25) is 0 Å². The Hall–Kier alpha value is -2.39. The van der Waals surface area contributed by atoms with E-state index >= 15 is 0 Å². The van der Waals surface area contributed by atoms with E-state index in [0.717, 1.165) is 40.6 Å². The van der Waals surface area contributed by atoms with Crippen molar-refractivity contribution in [3.05, 3.63) is 46.8 Å². The molecule has 26 heavy (non-hydrogen) atoms. The van der Waals surface area contributed by atoms with E-state index in [2.05, 4.69) is 20.3 Å². The number of fused-ring (bicyclic) bond motifs is 1. The van der Waals surface area contributed by atoms with Crippen LogP contribution in [-0.4, -0.2) is 45.3 Å². The van der Waals surface area contributed by atoms with E-state index in [1.165, 1.54) is 22.1 Å². The van der Waals surface area contributed by atoms with Crippen molar-refractivity contribution in [2.45, 2.75) is 6.54 Å². The first-order valence-electron chi connectivity index (χ1n) is 8.25. The molecule has 1 fully saturated rings. The van der Waals surface area contributed by atoms with Crippen LogP contribution in [0.15, 0.2) is 41.2 Å². The Bertz CT molecular complexity index is 961. The normalized spacial score (nSPS) is 14.5. The van der Waals surface area contributed by atoms with Crippen LogP contribution < -0.4 is 15.8 Å². The predicted molar refractivity (Wildman–Crippen MR) is 106 cm³/mol. The van der Waals surface area contributed by atoms with Crippen LogP contribution >= 0.6 is 23.1 Å². The van der Waals surface area contributed by atoms with Crippen molar-refractivity contribution < 1.29 is 4.79 Å². The van der Waals surface area contributed by atoms with Crippen molar-refractivity contribution >= 4 is 50.2 Å². The SMILES string of the molecule is O=C(Cn1nc(N2CCSCC2)ccc1=O)Nc1nc2ccccc2s1. The van der Waals surface area contributed by atoms with E-state index in [1.54, 1.807) is 6.07 Å². The summed E-state index contributed by atoms with van der Waals surface area (Å²) in [6, 6.07) is 10.9. The smallest absolute Gasteiger partial charge is 0.267 e. The van der Waals surface area contributed by atoms with Gasteiger partial charge in [0, 0.05) is 30.7 Å². The molecule has 3 aromatic rings. The van der Waals surface area contributed by atoms with Gasteiger partial charge >= 0.3 is 0 Å². The highest BCUT2D eigenvalue weighted by molar-refractivity contribution is 7.99. The summed E-state index contributed by atoms with van der Waals surface area (Å²) in [7, 11) is 0. The zero-order valence-electron chi connectivity index (χ0n) is 13.9. The van der Waals surface area contributed by atoms with E-state index in [9.17, 15) is 9.59 Å². The van der Waals surface area contributed by atoms with Gasteiger partial charge in [0.1, 0.15) is 12.4 Å². The van der Waals surface area contributed by atoms with Crippen LogP contribution in [0.25, 0.3) is 10.2 Å². The molecule has 1 saturated heterocycles. The number of para-hydroxylation sites is 1. The van der Waals surface area contributed by atoms with Gasteiger partial charge < -0.3 is 10.2 Å². The number of thiazole rings is 1. The van der Waals surface area contributed by atoms with Crippen LogP contribution in [0.1, 0.15) is 0 Å². The Labute approximate surface area is 158 Å². The molecule has 0 bridgehead atoms. The molecule has 0 radical (unpaired) electrons. The Morgan fingerprint density at radius 1 is 1.15 bits per heavy atom. The third kappa shape index (κ3) is 3.73. The number of benzene rings is 1. The Morgan fingerprint density at radius 2 is 1.96 bits per heavy atom. The fourth-order valence-corrected chi connectivity index (χ4v) is 4.52. The molecule has 0 unspecified atom stereocenters. The number of rotatable bonds is 4. The maximum Gasteiger partial charge on any atom is 0.267 e. The molecule has 9 heteroatoms. The topological polar surface area (TPSA) is 80.1 Å². The highest BCUT2D eigenvalue weighted by Gasteiger charge is 2.15. The van der Waals surface area contributed by atoms with Crippen molar-refractivity contribution in [2.75, 3.05) is 34.8 Å². The fraction of sp³-hybridized carbons (Fsp3) is 0.294. The molecule has 1 aliphatic heterocycles. The summed E-state index contributed by atoms with van der Waals surface area (Å²) in [5.41, 5.74) is 0.549. The largest absolute Gasteiger partial charge is 0.354 e.